The van der Waals surface area contributed by atoms with Crippen LogP contribution in [0.25, 0.3) is 5.57 Å². The average molecular weight is 392 g/mol. The number of hydrogen-bond acceptors (Lipinski definition) is 3. The quantitative estimate of drug-likeness (QED) is 0.377. The number of hydrogen-bond donors (Lipinski definition) is 2. The molecule has 29 heavy (non-hydrogen) atoms. The van der Waals surface area contributed by atoms with E-state index in [0.717, 1.165) is 42.4 Å². The number of benzene rings is 1. The van der Waals surface area contributed by atoms with Crippen molar-refractivity contribution in [3.8, 4) is 0 Å². The maximum Gasteiger partial charge on any atom is 0.0443 e. The van der Waals surface area contributed by atoms with E-state index in [1.54, 1.807) is 6.20 Å². The van der Waals surface area contributed by atoms with Crippen molar-refractivity contribution >= 4 is 18.0 Å². The molecule has 0 amide bonds. The SMILES string of the molecule is CCC/C=C(C1=C(c2c(C)ccc(C)c2C=N)CCCC1)\C(C=NC(C)C)=C\N. The molecule has 0 bridgehead atoms. The molecule has 0 spiro atoms. The number of aryl methyl sites for hydroxylation is 2. The Hall–Kier alpha value is -2.42. The van der Waals surface area contributed by atoms with Crippen molar-refractivity contribution in [2.75, 3.05) is 0 Å². The van der Waals surface area contributed by atoms with Gasteiger partial charge in [-0.15, -0.1) is 0 Å². The van der Waals surface area contributed by atoms with Gasteiger partial charge in [-0.2, -0.15) is 0 Å². The first-order chi connectivity index (χ1) is 13.9. The van der Waals surface area contributed by atoms with Crippen LogP contribution in [-0.4, -0.2) is 18.5 Å². The normalized spacial score (nSPS) is 16.2. The average Bonchev–Trinajstić information content (AvgIpc) is 2.72. The van der Waals surface area contributed by atoms with Crippen molar-refractivity contribution in [1.29, 1.82) is 5.41 Å². The van der Waals surface area contributed by atoms with Gasteiger partial charge in [0, 0.05) is 35.8 Å². The second-order valence-corrected chi connectivity index (χ2v) is 8.20. The fourth-order valence-electron chi connectivity index (χ4n) is 4.03. The van der Waals surface area contributed by atoms with Crippen molar-refractivity contribution in [2.45, 2.75) is 79.2 Å². The standard InChI is InChI=1S/C26H37N3/c1-6-7-10-22(21(15-27)17-29-18(2)3)23-11-8-9-12-24(23)26-20(5)14-13-19(4)25(26)16-28/h10,13-18,28H,6-9,11-12,27H2,1-5H3/b21-15+,22-10+,28-16?,29-17?. The van der Waals surface area contributed by atoms with Crippen LogP contribution in [0.15, 0.2) is 46.1 Å². The van der Waals surface area contributed by atoms with Gasteiger partial charge in [-0.3, -0.25) is 4.99 Å². The second kappa shape index (κ2) is 10.9. The highest BCUT2D eigenvalue weighted by molar-refractivity contribution is 5.94. The molecule has 0 atom stereocenters. The van der Waals surface area contributed by atoms with Gasteiger partial charge in [-0.1, -0.05) is 31.6 Å². The third-order valence-electron chi connectivity index (χ3n) is 5.55. The van der Waals surface area contributed by atoms with Crippen LogP contribution >= 0.6 is 0 Å². The zero-order valence-electron chi connectivity index (χ0n) is 18.8. The van der Waals surface area contributed by atoms with E-state index < -0.39 is 0 Å². The largest absolute Gasteiger partial charge is 0.404 e. The molecule has 3 nitrogen and oxygen atoms in total. The number of unbranched alkanes of at least 4 members (excludes halogenated alkanes) is 1. The fraction of sp³-hybridized carbons (Fsp3) is 0.462. The van der Waals surface area contributed by atoms with Gasteiger partial charge in [0.15, 0.2) is 0 Å². The molecule has 156 valence electrons. The van der Waals surface area contributed by atoms with Crippen molar-refractivity contribution in [1.82, 2.24) is 0 Å². The van der Waals surface area contributed by atoms with E-state index in [9.17, 15) is 0 Å². The van der Waals surface area contributed by atoms with Crippen LogP contribution in [0.5, 0.6) is 0 Å². The van der Waals surface area contributed by atoms with Gasteiger partial charge in [0.25, 0.3) is 0 Å². The molecule has 0 radical (unpaired) electrons. The molecule has 0 heterocycles. The number of nitrogens with one attached hydrogen (secondary N) is 1. The highest BCUT2D eigenvalue weighted by atomic mass is 14.7. The van der Waals surface area contributed by atoms with Crippen LogP contribution in [0.2, 0.25) is 0 Å². The summed E-state index contributed by atoms with van der Waals surface area (Å²) in [5, 5.41) is 8.04. The van der Waals surface area contributed by atoms with Crippen LogP contribution in [0.1, 0.15) is 81.5 Å². The number of aliphatic imine (C=N–C) groups is 1. The fourth-order valence-corrected chi connectivity index (χ4v) is 4.03. The Morgan fingerprint density at radius 3 is 2.48 bits per heavy atom. The molecule has 2 rings (SSSR count). The Morgan fingerprint density at radius 1 is 1.17 bits per heavy atom. The lowest BCUT2D eigenvalue weighted by Crippen LogP contribution is -2.10. The van der Waals surface area contributed by atoms with Crippen molar-refractivity contribution in [3.05, 3.63) is 63.4 Å². The van der Waals surface area contributed by atoms with Crippen LogP contribution < -0.4 is 5.73 Å². The molecule has 1 aromatic rings. The lowest BCUT2D eigenvalue weighted by atomic mass is 9.78. The van der Waals surface area contributed by atoms with Gasteiger partial charge in [0.05, 0.1) is 0 Å². The summed E-state index contributed by atoms with van der Waals surface area (Å²) in [6.07, 6.45) is 14.1. The molecule has 3 N–H and O–H groups in total. The van der Waals surface area contributed by atoms with Crippen molar-refractivity contribution < 1.29 is 0 Å². The molecule has 1 aliphatic carbocycles. The number of nitrogens with two attached hydrogens (primary N) is 1. The summed E-state index contributed by atoms with van der Waals surface area (Å²) < 4.78 is 0. The summed E-state index contributed by atoms with van der Waals surface area (Å²) in [4.78, 5) is 4.61. The van der Waals surface area contributed by atoms with Gasteiger partial charge in [0.1, 0.15) is 0 Å². The first kappa shape index (κ1) is 22.9. The lowest BCUT2D eigenvalue weighted by molar-refractivity contribution is 0.718. The molecule has 1 aromatic carbocycles. The van der Waals surface area contributed by atoms with E-state index in [0.29, 0.717) is 0 Å². The zero-order valence-corrected chi connectivity index (χ0v) is 18.8. The maximum atomic E-state index is 8.04. The Bertz CT molecular complexity index is 851. The second-order valence-electron chi connectivity index (χ2n) is 8.20. The van der Waals surface area contributed by atoms with Crippen molar-refractivity contribution in [2.24, 2.45) is 10.7 Å². The van der Waals surface area contributed by atoms with Gasteiger partial charge >= 0.3 is 0 Å². The smallest absolute Gasteiger partial charge is 0.0443 e. The Morgan fingerprint density at radius 2 is 1.86 bits per heavy atom. The van der Waals surface area contributed by atoms with Crippen LogP contribution in [0.4, 0.5) is 0 Å². The minimum atomic E-state index is 0.237. The number of nitrogens with zero attached hydrogens (tertiary/aromatic N) is 1. The molecule has 3 heteroatoms. The Kier molecular flexibility index (Phi) is 8.63. The van der Waals surface area contributed by atoms with E-state index >= 15 is 0 Å². The summed E-state index contributed by atoms with van der Waals surface area (Å²) in [5.74, 6) is 0. The summed E-state index contributed by atoms with van der Waals surface area (Å²) in [7, 11) is 0. The first-order valence-electron chi connectivity index (χ1n) is 10.9. The third-order valence-corrected chi connectivity index (χ3v) is 5.55. The highest BCUT2D eigenvalue weighted by Gasteiger charge is 2.22. The third kappa shape index (κ3) is 5.56. The van der Waals surface area contributed by atoms with Gasteiger partial charge in [0.2, 0.25) is 0 Å². The topological polar surface area (TPSA) is 62.2 Å². The molecule has 0 fully saturated rings. The molecule has 1 aliphatic rings. The maximum absolute atomic E-state index is 8.04. The summed E-state index contributed by atoms with van der Waals surface area (Å²) in [6, 6.07) is 4.55. The van der Waals surface area contributed by atoms with Gasteiger partial charge in [-0.25, -0.2) is 0 Å². The van der Waals surface area contributed by atoms with Crippen LogP contribution in [0, 0.1) is 19.3 Å². The van der Waals surface area contributed by atoms with E-state index in [-0.39, 0.29) is 6.04 Å². The lowest BCUT2D eigenvalue weighted by Gasteiger charge is -2.26. The summed E-state index contributed by atoms with van der Waals surface area (Å²) in [6.45, 7) is 10.6. The molecule has 0 unspecified atom stereocenters. The number of allylic oxidation sites excluding steroid dienone is 5. The molecular weight excluding hydrogens is 354 g/mol. The van der Waals surface area contributed by atoms with Crippen LogP contribution in [0.3, 0.4) is 0 Å². The van der Waals surface area contributed by atoms with E-state index in [1.165, 1.54) is 46.9 Å². The minimum absolute atomic E-state index is 0.237. The van der Waals surface area contributed by atoms with Gasteiger partial charge in [-0.05, 0) is 93.2 Å². The summed E-state index contributed by atoms with van der Waals surface area (Å²) >= 11 is 0. The minimum Gasteiger partial charge on any atom is -0.404 e. The highest BCUT2D eigenvalue weighted by Crippen LogP contribution is 2.40. The van der Waals surface area contributed by atoms with Gasteiger partial charge < -0.3 is 11.1 Å². The summed E-state index contributed by atoms with van der Waals surface area (Å²) in [5.41, 5.74) is 15.8. The predicted octanol–water partition coefficient (Wildman–Crippen LogP) is 6.68. The molecular formula is C26H37N3. The molecule has 0 aliphatic heterocycles. The Balaban J connectivity index is 2.75. The van der Waals surface area contributed by atoms with E-state index in [4.69, 9.17) is 11.1 Å². The zero-order chi connectivity index (χ0) is 21.4. The predicted molar refractivity (Wildman–Crippen MR) is 128 cm³/mol. The molecule has 0 saturated heterocycles. The first-order valence-corrected chi connectivity index (χ1v) is 10.9. The Labute approximate surface area is 177 Å². The van der Waals surface area contributed by atoms with E-state index in [2.05, 4.69) is 57.8 Å². The van der Waals surface area contributed by atoms with Crippen LogP contribution in [-0.2, 0) is 0 Å². The van der Waals surface area contributed by atoms with E-state index in [1.807, 2.05) is 6.21 Å². The monoisotopic (exact) mass is 391 g/mol. The number of rotatable bonds is 8. The van der Waals surface area contributed by atoms with Crippen molar-refractivity contribution in [3.63, 3.8) is 0 Å². The molecule has 0 saturated carbocycles. The molecule has 0 aromatic heterocycles.